The van der Waals surface area contributed by atoms with E-state index < -0.39 is 0 Å². The highest BCUT2D eigenvalue weighted by atomic mass is 15.2. The van der Waals surface area contributed by atoms with Crippen molar-refractivity contribution in [3.8, 4) is 0 Å². The number of likely N-dealkylation sites (N-methyl/N-ethyl adjacent to an activating group) is 1. The second kappa shape index (κ2) is 4.11. The quantitative estimate of drug-likeness (QED) is 0.702. The lowest BCUT2D eigenvalue weighted by Crippen LogP contribution is -2.44. The van der Waals surface area contributed by atoms with Gasteiger partial charge in [-0.25, -0.2) is 0 Å². The van der Waals surface area contributed by atoms with E-state index in [1.807, 2.05) is 6.92 Å². The Kier molecular flexibility index (Phi) is 2.82. The molecule has 15 heavy (non-hydrogen) atoms. The van der Waals surface area contributed by atoms with Crippen molar-refractivity contribution in [1.29, 1.82) is 0 Å². The van der Waals surface area contributed by atoms with Gasteiger partial charge in [0.15, 0.2) is 0 Å². The molecule has 1 saturated heterocycles. The van der Waals surface area contributed by atoms with Crippen molar-refractivity contribution < 1.29 is 0 Å². The van der Waals surface area contributed by atoms with E-state index in [0.717, 1.165) is 37.4 Å². The van der Waals surface area contributed by atoms with E-state index in [-0.39, 0.29) is 0 Å². The summed E-state index contributed by atoms with van der Waals surface area (Å²) in [7, 11) is 2.17. The van der Waals surface area contributed by atoms with Gasteiger partial charge in [0.2, 0.25) is 0 Å². The number of hydrogen-bond donors (Lipinski definition) is 1. The Labute approximate surface area is 91.5 Å². The van der Waals surface area contributed by atoms with E-state index >= 15 is 0 Å². The SMILES string of the molecule is Cc1ccc(N2CCN(C)CC2)cc1N. The number of nitrogens with two attached hydrogens (primary N) is 1. The van der Waals surface area contributed by atoms with Crippen molar-refractivity contribution in [2.45, 2.75) is 6.92 Å². The van der Waals surface area contributed by atoms with Crippen molar-refractivity contribution in [3.63, 3.8) is 0 Å². The summed E-state index contributed by atoms with van der Waals surface area (Å²) in [6.07, 6.45) is 0. The second-order valence-corrected chi connectivity index (χ2v) is 4.33. The molecule has 0 atom stereocenters. The Hall–Kier alpha value is -1.22. The normalized spacial score (nSPS) is 18.1. The third-order valence-electron chi connectivity index (χ3n) is 3.13. The Balaban J connectivity index is 2.12. The molecule has 0 spiro atoms. The van der Waals surface area contributed by atoms with Gasteiger partial charge in [0.05, 0.1) is 0 Å². The number of rotatable bonds is 1. The van der Waals surface area contributed by atoms with Gasteiger partial charge in [0, 0.05) is 37.6 Å². The summed E-state index contributed by atoms with van der Waals surface area (Å²) in [5.41, 5.74) is 9.23. The summed E-state index contributed by atoms with van der Waals surface area (Å²) < 4.78 is 0. The van der Waals surface area contributed by atoms with Crippen LogP contribution in [0.1, 0.15) is 5.56 Å². The Morgan fingerprint density at radius 1 is 1.13 bits per heavy atom. The van der Waals surface area contributed by atoms with Crippen LogP contribution in [0.3, 0.4) is 0 Å². The molecule has 3 nitrogen and oxygen atoms in total. The van der Waals surface area contributed by atoms with Crippen molar-refractivity contribution in [3.05, 3.63) is 23.8 Å². The summed E-state index contributed by atoms with van der Waals surface area (Å²) in [5.74, 6) is 0. The summed E-state index contributed by atoms with van der Waals surface area (Å²) in [4.78, 5) is 4.75. The molecule has 0 radical (unpaired) electrons. The molecule has 2 N–H and O–H groups in total. The number of nitrogens with zero attached hydrogens (tertiary/aromatic N) is 2. The number of hydrogen-bond acceptors (Lipinski definition) is 3. The van der Waals surface area contributed by atoms with Gasteiger partial charge in [-0.1, -0.05) is 6.07 Å². The molecule has 0 amide bonds. The highest BCUT2D eigenvalue weighted by Crippen LogP contribution is 2.21. The first-order valence-electron chi connectivity index (χ1n) is 5.46. The zero-order valence-corrected chi connectivity index (χ0v) is 9.53. The smallest absolute Gasteiger partial charge is 0.0387 e. The van der Waals surface area contributed by atoms with E-state index in [1.165, 1.54) is 5.69 Å². The molecule has 1 aromatic rings. The molecular weight excluding hydrogens is 186 g/mol. The molecule has 3 heteroatoms. The van der Waals surface area contributed by atoms with Gasteiger partial charge in [-0.05, 0) is 31.7 Å². The predicted molar refractivity (Wildman–Crippen MR) is 65.3 cm³/mol. The second-order valence-electron chi connectivity index (χ2n) is 4.33. The van der Waals surface area contributed by atoms with Gasteiger partial charge < -0.3 is 15.5 Å². The maximum Gasteiger partial charge on any atom is 0.0387 e. The van der Waals surface area contributed by atoms with Crippen LogP contribution in [0.4, 0.5) is 11.4 Å². The topological polar surface area (TPSA) is 32.5 Å². The number of aryl methyl sites for hydroxylation is 1. The number of piperazine rings is 1. The van der Waals surface area contributed by atoms with E-state index in [2.05, 4.69) is 35.0 Å². The van der Waals surface area contributed by atoms with Gasteiger partial charge in [-0.3, -0.25) is 0 Å². The van der Waals surface area contributed by atoms with Crippen LogP contribution < -0.4 is 10.6 Å². The van der Waals surface area contributed by atoms with Crippen LogP contribution in [0.5, 0.6) is 0 Å². The summed E-state index contributed by atoms with van der Waals surface area (Å²) in [5, 5.41) is 0. The first kappa shape index (κ1) is 10.3. The lowest BCUT2D eigenvalue weighted by atomic mass is 10.1. The highest BCUT2D eigenvalue weighted by molar-refractivity contribution is 5.59. The van der Waals surface area contributed by atoms with Crippen LogP contribution in [-0.4, -0.2) is 38.1 Å². The van der Waals surface area contributed by atoms with E-state index in [9.17, 15) is 0 Å². The first-order chi connectivity index (χ1) is 7.16. The first-order valence-corrected chi connectivity index (χ1v) is 5.46. The molecule has 1 aliphatic heterocycles. The van der Waals surface area contributed by atoms with Crippen LogP contribution in [0.25, 0.3) is 0 Å². The summed E-state index contributed by atoms with van der Waals surface area (Å²) >= 11 is 0. The zero-order valence-electron chi connectivity index (χ0n) is 9.53. The third-order valence-corrected chi connectivity index (χ3v) is 3.13. The summed E-state index contributed by atoms with van der Waals surface area (Å²) in [6, 6.07) is 6.35. The molecule has 1 heterocycles. The van der Waals surface area contributed by atoms with Crippen molar-refractivity contribution in [2.75, 3.05) is 43.9 Å². The fourth-order valence-corrected chi connectivity index (χ4v) is 1.89. The number of benzene rings is 1. The Morgan fingerprint density at radius 2 is 1.80 bits per heavy atom. The van der Waals surface area contributed by atoms with Gasteiger partial charge >= 0.3 is 0 Å². The highest BCUT2D eigenvalue weighted by Gasteiger charge is 2.14. The molecule has 0 unspecified atom stereocenters. The molecule has 0 aliphatic carbocycles. The number of nitrogen functional groups attached to an aromatic ring is 1. The molecule has 2 rings (SSSR count). The molecule has 0 bridgehead atoms. The van der Waals surface area contributed by atoms with Gasteiger partial charge in [-0.15, -0.1) is 0 Å². The molecular formula is C12H19N3. The minimum atomic E-state index is 0.895. The monoisotopic (exact) mass is 205 g/mol. The molecule has 1 fully saturated rings. The fourth-order valence-electron chi connectivity index (χ4n) is 1.89. The van der Waals surface area contributed by atoms with Gasteiger partial charge in [0.1, 0.15) is 0 Å². The van der Waals surface area contributed by atoms with Crippen LogP contribution in [0.2, 0.25) is 0 Å². The minimum absolute atomic E-state index is 0.895. The minimum Gasteiger partial charge on any atom is -0.398 e. The molecule has 82 valence electrons. The van der Waals surface area contributed by atoms with Crippen molar-refractivity contribution in [1.82, 2.24) is 4.90 Å². The van der Waals surface area contributed by atoms with Crippen molar-refractivity contribution >= 4 is 11.4 Å². The van der Waals surface area contributed by atoms with Crippen molar-refractivity contribution in [2.24, 2.45) is 0 Å². The maximum absolute atomic E-state index is 5.92. The van der Waals surface area contributed by atoms with Crippen LogP contribution in [0, 0.1) is 6.92 Å². The lowest BCUT2D eigenvalue weighted by Gasteiger charge is -2.34. The molecule has 0 saturated carbocycles. The molecule has 1 aliphatic rings. The number of anilines is 2. The summed E-state index contributed by atoms with van der Waals surface area (Å²) in [6.45, 7) is 6.50. The van der Waals surface area contributed by atoms with Gasteiger partial charge in [0.25, 0.3) is 0 Å². The van der Waals surface area contributed by atoms with Crippen LogP contribution >= 0.6 is 0 Å². The largest absolute Gasteiger partial charge is 0.398 e. The molecule has 0 aromatic heterocycles. The predicted octanol–water partition coefficient (Wildman–Crippen LogP) is 1.33. The van der Waals surface area contributed by atoms with Crippen LogP contribution in [-0.2, 0) is 0 Å². The van der Waals surface area contributed by atoms with E-state index in [1.54, 1.807) is 0 Å². The van der Waals surface area contributed by atoms with Crippen LogP contribution in [0.15, 0.2) is 18.2 Å². The average molecular weight is 205 g/mol. The lowest BCUT2D eigenvalue weighted by molar-refractivity contribution is 0.313. The average Bonchev–Trinajstić information content (AvgIpc) is 2.23. The Morgan fingerprint density at radius 3 is 2.40 bits per heavy atom. The standard InChI is InChI=1S/C12H19N3/c1-10-3-4-11(9-12(10)13)15-7-5-14(2)6-8-15/h3-4,9H,5-8,13H2,1-2H3. The fraction of sp³-hybridized carbons (Fsp3) is 0.500. The third kappa shape index (κ3) is 2.23. The Bertz CT molecular complexity index is 341. The van der Waals surface area contributed by atoms with E-state index in [0.29, 0.717) is 0 Å². The van der Waals surface area contributed by atoms with E-state index in [4.69, 9.17) is 5.73 Å². The zero-order chi connectivity index (χ0) is 10.8. The molecule has 1 aromatic carbocycles. The maximum atomic E-state index is 5.92. The van der Waals surface area contributed by atoms with Gasteiger partial charge in [-0.2, -0.15) is 0 Å².